The molecule has 2 amide bonds. The van der Waals surface area contributed by atoms with E-state index < -0.39 is 0 Å². The van der Waals surface area contributed by atoms with Gasteiger partial charge >= 0.3 is 0 Å². The second-order valence-electron chi connectivity index (χ2n) is 6.34. The Hall–Kier alpha value is -2.37. The largest absolute Gasteiger partial charge is 0.376 e. The highest BCUT2D eigenvalue weighted by Gasteiger charge is 2.17. The summed E-state index contributed by atoms with van der Waals surface area (Å²) >= 11 is 5.93. The monoisotopic (exact) mass is 372 g/mol. The molecule has 2 aromatic rings. The van der Waals surface area contributed by atoms with Gasteiger partial charge in [-0.3, -0.25) is 9.59 Å². The summed E-state index contributed by atoms with van der Waals surface area (Å²) in [7, 11) is 0. The van der Waals surface area contributed by atoms with E-state index in [9.17, 15) is 9.59 Å². The second-order valence-corrected chi connectivity index (χ2v) is 6.77. The van der Waals surface area contributed by atoms with Crippen LogP contribution in [-0.2, 0) is 4.74 Å². The summed E-state index contributed by atoms with van der Waals surface area (Å²) in [5, 5.41) is 6.34. The van der Waals surface area contributed by atoms with Crippen molar-refractivity contribution in [3.8, 4) is 0 Å². The van der Waals surface area contributed by atoms with Gasteiger partial charge < -0.3 is 15.4 Å². The van der Waals surface area contributed by atoms with Crippen LogP contribution in [0.2, 0.25) is 5.02 Å². The third-order valence-corrected chi connectivity index (χ3v) is 4.60. The summed E-state index contributed by atoms with van der Waals surface area (Å²) in [6.45, 7) is 3.15. The summed E-state index contributed by atoms with van der Waals surface area (Å²) in [4.78, 5) is 24.5. The predicted octanol–water partition coefficient (Wildman–Crippen LogP) is 3.81. The van der Waals surface area contributed by atoms with Crippen LogP contribution in [0.1, 0.15) is 39.1 Å². The maximum absolute atomic E-state index is 12.4. The van der Waals surface area contributed by atoms with Gasteiger partial charge in [0.25, 0.3) is 11.8 Å². The molecule has 1 heterocycles. The molecule has 3 rings (SSSR count). The SMILES string of the molecule is Cc1cc(Cl)ccc1NC(=O)c1ccc(C(=O)NCC2CCCO2)cc1. The van der Waals surface area contributed by atoms with Crippen molar-refractivity contribution in [1.29, 1.82) is 0 Å². The fourth-order valence-corrected chi connectivity index (χ4v) is 3.08. The topological polar surface area (TPSA) is 67.4 Å². The molecule has 0 saturated carbocycles. The molecule has 2 N–H and O–H groups in total. The summed E-state index contributed by atoms with van der Waals surface area (Å²) < 4.78 is 5.49. The van der Waals surface area contributed by atoms with Crippen molar-refractivity contribution in [1.82, 2.24) is 5.32 Å². The van der Waals surface area contributed by atoms with E-state index >= 15 is 0 Å². The Kier molecular flexibility index (Phi) is 5.91. The Bertz CT molecular complexity index is 799. The smallest absolute Gasteiger partial charge is 0.255 e. The molecule has 0 aliphatic carbocycles. The Labute approximate surface area is 157 Å². The maximum Gasteiger partial charge on any atom is 0.255 e. The molecule has 1 fully saturated rings. The average molecular weight is 373 g/mol. The van der Waals surface area contributed by atoms with Crippen molar-refractivity contribution < 1.29 is 14.3 Å². The molecule has 26 heavy (non-hydrogen) atoms. The van der Waals surface area contributed by atoms with Gasteiger partial charge in [0.15, 0.2) is 0 Å². The van der Waals surface area contributed by atoms with Crippen LogP contribution in [0, 0.1) is 6.92 Å². The van der Waals surface area contributed by atoms with Crippen LogP contribution in [0.4, 0.5) is 5.69 Å². The van der Waals surface area contributed by atoms with Crippen molar-refractivity contribution in [2.45, 2.75) is 25.9 Å². The van der Waals surface area contributed by atoms with E-state index in [4.69, 9.17) is 16.3 Å². The van der Waals surface area contributed by atoms with Crippen LogP contribution < -0.4 is 10.6 Å². The maximum atomic E-state index is 12.4. The van der Waals surface area contributed by atoms with Crippen molar-refractivity contribution in [2.24, 2.45) is 0 Å². The molecule has 6 heteroatoms. The third kappa shape index (κ3) is 4.62. The van der Waals surface area contributed by atoms with Gasteiger partial charge in [-0.1, -0.05) is 11.6 Å². The van der Waals surface area contributed by atoms with Gasteiger partial charge in [-0.05, 0) is 67.8 Å². The number of carbonyl (C=O) groups is 2. The summed E-state index contributed by atoms with van der Waals surface area (Å²) in [5.74, 6) is -0.400. The van der Waals surface area contributed by atoms with Gasteiger partial charge in [-0.2, -0.15) is 0 Å². The zero-order valence-electron chi connectivity index (χ0n) is 14.5. The summed E-state index contributed by atoms with van der Waals surface area (Å²) in [6.07, 6.45) is 2.12. The highest BCUT2D eigenvalue weighted by Crippen LogP contribution is 2.20. The minimum atomic E-state index is -0.235. The minimum Gasteiger partial charge on any atom is -0.376 e. The molecule has 0 spiro atoms. The number of ether oxygens (including phenoxy) is 1. The lowest BCUT2D eigenvalue weighted by atomic mass is 10.1. The van der Waals surface area contributed by atoms with Crippen molar-refractivity contribution in [3.63, 3.8) is 0 Å². The van der Waals surface area contributed by atoms with E-state index in [-0.39, 0.29) is 17.9 Å². The molecule has 2 aromatic carbocycles. The Morgan fingerprint density at radius 3 is 2.42 bits per heavy atom. The van der Waals surface area contributed by atoms with Gasteiger partial charge in [0, 0.05) is 35.0 Å². The Balaban J connectivity index is 1.59. The van der Waals surface area contributed by atoms with Gasteiger partial charge in [0.05, 0.1) is 6.10 Å². The second kappa shape index (κ2) is 8.34. The summed E-state index contributed by atoms with van der Waals surface area (Å²) in [6, 6.07) is 11.9. The van der Waals surface area contributed by atoms with Crippen LogP contribution in [-0.4, -0.2) is 31.1 Å². The number of anilines is 1. The Morgan fingerprint density at radius 2 is 1.81 bits per heavy atom. The predicted molar refractivity (Wildman–Crippen MR) is 102 cm³/mol. The summed E-state index contributed by atoms with van der Waals surface area (Å²) in [5.41, 5.74) is 2.59. The number of nitrogens with one attached hydrogen (secondary N) is 2. The molecule has 1 aliphatic heterocycles. The highest BCUT2D eigenvalue weighted by atomic mass is 35.5. The first kappa shape index (κ1) is 18.4. The molecule has 0 radical (unpaired) electrons. The third-order valence-electron chi connectivity index (χ3n) is 4.36. The van der Waals surface area contributed by atoms with Crippen molar-refractivity contribution in [3.05, 3.63) is 64.2 Å². The molecule has 0 aromatic heterocycles. The Morgan fingerprint density at radius 1 is 1.12 bits per heavy atom. The lowest BCUT2D eigenvalue weighted by Gasteiger charge is -2.11. The van der Waals surface area contributed by atoms with Crippen LogP contribution in [0.3, 0.4) is 0 Å². The number of carbonyl (C=O) groups excluding carboxylic acids is 2. The molecule has 1 saturated heterocycles. The first-order chi connectivity index (χ1) is 12.5. The van der Waals surface area contributed by atoms with Crippen molar-refractivity contribution >= 4 is 29.1 Å². The van der Waals surface area contributed by atoms with Crippen LogP contribution in [0.15, 0.2) is 42.5 Å². The molecule has 1 unspecified atom stereocenters. The average Bonchev–Trinajstić information content (AvgIpc) is 3.15. The number of rotatable bonds is 5. The van der Waals surface area contributed by atoms with Crippen LogP contribution in [0.25, 0.3) is 0 Å². The zero-order chi connectivity index (χ0) is 18.5. The molecule has 5 nitrogen and oxygen atoms in total. The number of amides is 2. The van der Waals surface area contributed by atoms with E-state index in [0.717, 1.165) is 25.0 Å². The van der Waals surface area contributed by atoms with Crippen LogP contribution >= 0.6 is 11.6 Å². The number of hydrogen-bond acceptors (Lipinski definition) is 3. The first-order valence-corrected chi connectivity index (χ1v) is 8.98. The molecule has 1 aliphatic rings. The highest BCUT2D eigenvalue weighted by molar-refractivity contribution is 6.30. The van der Waals surface area contributed by atoms with Gasteiger partial charge in [-0.25, -0.2) is 0 Å². The van der Waals surface area contributed by atoms with E-state index in [1.165, 1.54) is 0 Å². The van der Waals surface area contributed by atoms with E-state index in [0.29, 0.717) is 28.4 Å². The minimum absolute atomic E-state index is 0.103. The first-order valence-electron chi connectivity index (χ1n) is 8.60. The van der Waals surface area contributed by atoms with E-state index in [1.54, 1.807) is 42.5 Å². The van der Waals surface area contributed by atoms with E-state index in [1.807, 2.05) is 6.92 Å². The normalized spacial score (nSPS) is 16.3. The van der Waals surface area contributed by atoms with Gasteiger partial charge in [-0.15, -0.1) is 0 Å². The lowest BCUT2D eigenvalue weighted by Crippen LogP contribution is -2.31. The molecular weight excluding hydrogens is 352 g/mol. The number of hydrogen-bond donors (Lipinski definition) is 2. The molecular formula is C20H21ClN2O3. The van der Waals surface area contributed by atoms with Crippen molar-refractivity contribution in [2.75, 3.05) is 18.5 Å². The molecule has 136 valence electrons. The zero-order valence-corrected chi connectivity index (χ0v) is 15.3. The van der Waals surface area contributed by atoms with Crippen LogP contribution in [0.5, 0.6) is 0 Å². The fraction of sp³-hybridized carbons (Fsp3) is 0.300. The van der Waals surface area contributed by atoms with E-state index in [2.05, 4.69) is 10.6 Å². The van der Waals surface area contributed by atoms with Gasteiger partial charge in [0.1, 0.15) is 0 Å². The molecule has 1 atom stereocenters. The molecule has 0 bridgehead atoms. The quantitative estimate of drug-likeness (QED) is 0.838. The lowest BCUT2D eigenvalue weighted by molar-refractivity contribution is 0.0857. The number of aryl methyl sites for hydroxylation is 1. The van der Waals surface area contributed by atoms with Gasteiger partial charge in [0.2, 0.25) is 0 Å². The number of benzene rings is 2. The number of halogens is 1. The fourth-order valence-electron chi connectivity index (χ4n) is 2.85. The standard InChI is InChI=1S/C20H21ClN2O3/c1-13-11-16(21)8-9-18(13)23-20(25)15-6-4-14(5-7-15)19(24)22-12-17-3-2-10-26-17/h4-9,11,17H,2-3,10,12H2,1H3,(H,22,24)(H,23,25).